The summed E-state index contributed by atoms with van der Waals surface area (Å²) >= 11 is 0. The number of methoxy groups -OCH3 is 2. The van der Waals surface area contributed by atoms with Gasteiger partial charge in [-0.15, -0.1) is 0 Å². The lowest BCUT2D eigenvalue weighted by molar-refractivity contribution is 0.0600. The number of hydrogen-bond donors (Lipinski definition) is 0. The van der Waals surface area contributed by atoms with Gasteiger partial charge >= 0.3 is 5.97 Å². The summed E-state index contributed by atoms with van der Waals surface area (Å²) < 4.78 is 9.70. The van der Waals surface area contributed by atoms with E-state index in [0.717, 1.165) is 0 Å². The lowest BCUT2D eigenvalue weighted by Gasteiger charge is -2.06. The molecule has 0 amide bonds. The molecule has 0 aromatic heterocycles. The lowest BCUT2D eigenvalue weighted by Crippen LogP contribution is -2.01. The molecule has 4 nitrogen and oxygen atoms in total. The van der Waals surface area contributed by atoms with Crippen molar-refractivity contribution in [2.45, 2.75) is 0 Å². The number of hydrogen-bond acceptors (Lipinski definition) is 4. The fourth-order valence-corrected chi connectivity index (χ4v) is 1.24. The Morgan fingerprint density at radius 3 is 2.75 bits per heavy atom. The quantitative estimate of drug-likeness (QED) is 0.574. The zero-order valence-electron chi connectivity index (χ0n) is 9.06. The number of nitriles is 1. The average molecular weight is 217 g/mol. The molecule has 0 atom stereocenters. The Labute approximate surface area is 93.7 Å². The van der Waals surface area contributed by atoms with Crippen LogP contribution in [0.1, 0.15) is 15.9 Å². The molecule has 0 unspecified atom stereocenters. The van der Waals surface area contributed by atoms with Gasteiger partial charge in [-0.1, -0.05) is 0 Å². The molecule has 0 saturated heterocycles. The first-order chi connectivity index (χ1) is 7.72. The van der Waals surface area contributed by atoms with Crippen molar-refractivity contribution in [1.82, 2.24) is 0 Å². The van der Waals surface area contributed by atoms with Gasteiger partial charge in [0.1, 0.15) is 5.75 Å². The van der Waals surface area contributed by atoms with Crippen LogP contribution in [-0.2, 0) is 4.74 Å². The molecule has 16 heavy (non-hydrogen) atoms. The van der Waals surface area contributed by atoms with Crippen LogP contribution in [0, 0.1) is 11.3 Å². The predicted octanol–water partition coefficient (Wildman–Crippen LogP) is 2.02. The summed E-state index contributed by atoms with van der Waals surface area (Å²) in [6.45, 7) is 0. The third kappa shape index (κ3) is 2.61. The van der Waals surface area contributed by atoms with Gasteiger partial charge in [0.15, 0.2) is 0 Å². The van der Waals surface area contributed by atoms with E-state index < -0.39 is 5.97 Å². The third-order valence-corrected chi connectivity index (χ3v) is 1.99. The standard InChI is InChI=1S/C12H11NO3/c1-15-11-6-5-10(12(14)16-2)8-9(11)4-3-7-13/h3-6,8H,1-2H3. The molecule has 0 radical (unpaired) electrons. The fraction of sp³-hybridized carbons (Fsp3) is 0.167. The van der Waals surface area contributed by atoms with Crippen molar-refractivity contribution in [1.29, 1.82) is 5.26 Å². The second kappa shape index (κ2) is 5.56. The third-order valence-electron chi connectivity index (χ3n) is 1.99. The molecule has 0 aliphatic rings. The van der Waals surface area contributed by atoms with Crippen LogP contribution in [0.5, 0.6) is 5.75 Å². The molecule has 0 spiro atoms. The topological polar surface area (TPSA) is 59.3 Å². The molecule has 1 aromatic rings. The highest BCUT2D eigenvalue weighted by Gasteiger charge is 2.08. The van der Waals surface area contributed by atoms with Crippen molar-refractivity contribution in [2.75, 3.05) is 14.2 Å². The van der Waals surface area contributed by atoms with E-state index in [-0.39, 0.29) is 0 Å². The van der Waals surface area contributed by atoms with Gasteiger partial charge in [0.05, 0.1) is 25.9 Å². The minimum Gasteiger partial charge on any atom is -0.496 e. The molecule has 0 fully saturated rings. The van der Waals surface area contributed by atoms with E-state index in [4.69, 9.17) is 10.00 Å². The first kappa shape index (κ1) is 11.8. The largest absolute Gasteiger partial charge is 0.496 e. The summed E-state index contributed by atoms with van der Waals surface area (Å²) in [4.78, 5) is 11.3. The number of allylic oxidation sites excluding steroid dienone is 1. The minimum atomic E-state index is -0.422. The van der Waals surface area contributed by atoms with Crippen LogP contribution in [-0.4, -0.2) is 20.2 Å². The van der Waals surface area contributed by atoms with Gasteiger partial charge in [-0.05, 0) is 24.3 Å². The maximum Gasteiger partial charge on any atom is 0.337 e. The Morgan fingerprint density at radius 2 is 2.19 bits per heavy atom. The van der Waals surface area contributed by atoms with Gasteiger partial charge in [0, 0.05) is 11.6 Å². The molecule has 1 rings (SSSR count). The van der Waals surface area contributed by atoms with E-state index in [0.29, 0.717) is 16.9 Å². The van der Waals surface area contributed by atoms with Crippen molar-refractivity contribution in [3.63, 3.8) is 0 Å². The summed E-state index contributed by atoms with van der Waals surface area (Å²) in [5.74, 6) is 0.174. The lowest BCUT2D eigenvalue weighted by atomic mass is 10.1. The Morgan fingerprint density at radius 1 is 1.44 bits per heavy atom. The highest BCUT2D eigenvalue weighted by molar-refractivity contribution is 5.90. The molecule has 82 valence electrons. The normalized spacial score (nSPS) is 9.81. The van der Waals surface area contributed by atoms with Crippen molar-refractivity contribution in [3.8, 4) is 11.8 Å². The molecule has 0 saturated carbocycles. The van der Waals surface area contributed by atoms with E-state index >= 15 is 0 Å². The van der Waals surface area contributed by atoms with Crippen LogP contribution in [0.2, 0.25) is 0 Å². The van der Waals surface area contributed by atoms with Gasteiger partial charge in [-0.3, -0.25) is 0 Å². The molecule has 0 N–H and O–H groups in total. The Bertz CT molecular complexity index is 458. The van der Waals surface area contributed by atoms with E-state index in [1.807, 2.05) is 6.07 Å². The number of ether oxygens (including phenoxy) is 2. The van der Waals surface area contributed by atoms with Crippen LogP contribution in [0.25, 0.3) is 6.08 Å². The average Bonchev–Trinajstić information content (AvgIpc) is 2.34. The number of carbonyl (C=O) groups excluding carboxylic acids is 1. The van der Waals surface area contributed by atoms with Crippen molar-refractivity contribution < 1.29 is 14.3 Å². The molecule has 0 aliphatic heterocycles. The maximum absolute atomic E-state index is 11.3. The smallest absolute Gasteiger partial charge is 0.337 e. The SMILES string of the molecule is COC(=O)c1ccc(OC)c(C=CC#N)c1. The fourth-order valence-electron chi connectivity index (χ4n) is 1.24. The molecule has 0 heterocycles. The van der Waals surface area contributed by atoms with Gasteiger partial charge in [0.2, 0.25) is 0 Å². The molecular formula is C12H11NO3. The number of esters is 1. The first-order valence-electron chi connectivity index (χ1n) is 4.55. The van der Waals surface area contributed by atoms with Crippen LogP contribution < -0.4 is 4.74 Å². The monoisotopic (exact) mass is 217 g/mol. The Kier molecular flexibility index (Phi) is 4.10. The van der Waals surface area contributed by atoms with Crippen LogP contribution in [0.4, 0.5) is 0 Å². The predicted molar refractivity (Wildman–Crippen MR) is 59.0 cm³/mol. The molecule has 0 aliphatic carbocycles. The zero-order valence-corrected chi connectivity index (χ0v) is 9.06. The van der Waals surface area contributed by atoms with Crippen molar-refractivity contribution in [3.05, 3.63) is 35.4 Å². The van der Waals surface area contributed by atoms with Crippen LogP contribution in [0.3, 0.4) is 0 Å². The summed E-state index contributed by atoms with van der Waals surface area (Å²) in [7, 11) is 2.84. The second-order valence-corrected chi connectivity index (χ2v) is 2.91. The Hall–Kier alpha value is -2.28. The van der Waals surface area contributed by atoms with Gasteiger partial charge in [0.25, 0.3) is 0 Å². The molecule has 4 heteroatoms. The van der Waals surface area contributed by atoms with Crippen LogP contribution >= 0.6 is 0 Å². The molecule has 0 bridgehead atoms. The van der Waals surface area contributed by atoms with E-state index in [9.17, 15) is 4.79 Å². The number of rotatable bonds is 3. The minimum absolute atomic E-state index is 0.417. The Balaban J connectivity index is 3.16. The summed E-state index contributed by atoms with van der Waals surface area (Å²) in [5.41, 5.74) is 1.08. The van der Waals surface area contributed by atoms with Crippen molar-refractivity contribution in [2.24, 2.45) is 0 Å². The van der Waals surface area contributed by atoms with E-state index in [2.05, 4.69) is 4.74 Å². The second-order valence-electron chi connectivity index (χ2n) is 2.91. The summed E-state index contributed by atoms with van der Waals surface area (Å²) in [5, 5.41) is 8.45. The molecular weight excluding hydrogens is 206 g/mol. The van der Waals surface area contributed by atoms with Crippen molar-refractivity contribution >= 4 is 12.0 Å². The van der Waals surface area contributed by atoms with Gasteiger partial charge in [-0.2, -0.15) is 5.26 Å². The summed E-state index contributed by atoms with van der Waals surface area (Å²) in [6.07, 6.45) is 2.89. The number of carbonyl (C=O) groups is 1. The first-order valence-corrected chi connectivity index (χ1v) is 4.55. The number of nitrogens with zero attached hydrogens (tertiary/aromatic N) is 1. The zero-order chi connectivity index (χ0) is 12.0. The summed E-state index contributed by atoms with van der Waals surface area (Å²) in [6, 6.07) is 6.75. The van der Waals surface area contributed by atoms with Crippen LogP contribution in [0.15, 0.2) is 24.3 Å². The highest BCUT2D eigenvalue weighted by Crippen LogP contribution is 2.21. The van der Waals surface area contributed by atoms with E-state index in [1.54, 1.807) is 24.3 Å². The maximum atomic E-state index is 11.3. The number of benzene rings is 1. The highest BCUT2D eigenvalue weighted by atomic mass is 16.5. The van der Waals surface area contributed by atoms with E-state index in [1.165, 1.54) is 20.3 Å². The molecule has 1 aromatic carbocycles. The van der Waals surface area contributed by atoms with Gasteiger partial charge < -0.3 is 9.47 Å². The van der Waals surface area contributed by atoms with Gasteiger partial charge in [-0.25, -0.2) is 4.79 Å².